The second-order valence-corrected chi connectivity index (χ2v) is 6.24. The fourth-order valence-corrected chi connectivity index (χ4v) is 3.57. The van der Waals surface area contributed by atoms with Crippen LogP contribution in [0.4, 0.5) is 4.39 Å². The van der Waals surface area contributed by atoms with Crippen molar-refractivity contribution in [2.75, 3.05) is 13.2 Å². The SMILES string of the molecule is O=C(NCCn1ccnc1)[C@H]1C[C@@]12CCOc1ccc(F)cc12. The quantitative estimate of drug-likeness (QED) is 0.937. The van der Waals surface area contributed by atoms with Crippen molar-refractivity contribution in [2.24, 2.45) is 5.92 Å². The molecule has 2 heterocycles. The van der Waals surface area contributed by atoms with E-state index in [0.29, 0.717) is 25.4 Å². The summed E-state index contributed by atoms with van der Waals surface area (Å²) in [6.07, 6.45) is 6.84. The van der Waals surface area contributed by atoms with Crippen molar-refractivity contribution < 1.29 is 13.9 Å². The van der Waals surface area contributed by atoms with Crippen LogP contribution in [0.2, 0.25) is 0 Å². The number of hydrogen-bond acceptors (Lipinski definition) is 3. The maximum atomic E-state index is 13.6. The highest BCUT2D eigenvalue weighted by Crippen LogP contribution is 2.60. The zero-order valence-electron chi connectivity index (χ0n) is 12.7. The van der Waals surface area contributed by atoms with Gasteiger partial charge >= 0.3 is 0 Å². The molecule has 23 heavy (non-hydrogen) atoms. The first-order valence-electron chi connectivity index (χ1n) is 7.85. The fraction of sp³-hybridized carbons (Fsp3) is 0.412. The summed E-state index contributed by atoms with van der Waals surface area (Å²) in [6, 6.07) is 4.59. The Morgan fingerprint density at radius 2 is 2.43 bits per heavy atom. The highest BCUT2D eigenvalue weighted by molar-refractivity contribution is 5.84. The van der Waals surface area contributed by atoms with Gasteiger partial charge in [-0.1, -0.05) is 0 Å². The van der Waals surface area contributed by atoms with Crippen LogP contribution < -0.4 is 10.1 Å². The number of hydrogen-bond donors (Lipinski definition) is 1. The second kappa shape index (κ2) is 5.37. The molecule has 1 aliphatic heterocycles. The zero-order chi connectivity index (χ0) is 15.9. The molecule has 1 saturated carbocycles. The van der Waals surface area contributed by atoms with Crippen LogP contribution in [0.25, 0.3) is 0 Å². The lowest BCUT2D eigenvalue weighted by atomic mass is 9.87. The Hall–Kier alpha value is -2.37. The Morgan fingerprint density at radius 1 is 1.52 bits per heavy atom. The summed E-state index contributed by atoms with van der Waals surface area (Å²) < 4.78 is 21.1. The van der Waals surface area contributed by atoms with Gasteiger partial charge in [0.2, 0.25) is 5.91 Å². The average molecular weight is 315 g/mol. The predicted molar refractivity (Wildman–Crippen MR) is 81.5 cm³/mol. The third-order valence-electron chi connectivity index (χ3n) is 4.90. The summed E-state index contributed by atoms with van der Waals surface area (Å²) >= 11 is 0. The standard InChI is InChI=1S/C17H18FN3O2/c18-12-1-2-15-13(9-12)17(3-8-23-15)10-14(17)16(22)20-5-7-21-6-4-19-11-21/h1-2,4,6,9,11,14H,3,5,7-8,10H2,(H,20,22)/t14-,17-/m1/s1. The molecular weight excluding hydrogens is 297 g/mol. The van der Waals surface area contributed by atoms with E-state index in [2.05, 4.69) is 10.3 Å². The van der Waals surface area contributed by atoms with Gasteiger partial charge in [0.05, 0.1) is 12.9 Å². The summed E-state index contributed by atoms with van der Waals surface area (Å²) in [4.78, 5) is 16.4. The van der Waals surface area contributed by atoms with Gasteiger partial charge < -0.3 is 14.6 Å². The minimum Gasteiger partial charge on any atom is -0.493 e. The number of nitrogens with zero attached hydrogens (tertiary/aromatic N) is 2. The number of fused-ring (bicyclic) bond motifs is 2. The van der Waals surface area contributed by atoms with Crippen LogP contribution in [0.15, 0.2) is 36.9 Å². The van der Waals surface area contributed by atoms with Gasteiger partial charge in [-0.25, -0.2) is 9.37 Å². The highest BCUT2D eigenvalue weighted by atomic mass is 19.1. The minimum absolute atomic E-state index is 0.0437. The molecule has 1 spiro atoms. The smallest absolute Gasteiger partial charge is 0.224 e. The maximum Gasteiger partial charge on any atom is 0.224 e. The molecule has 4 rings (SSSR count). The van der Waals surface area contributed by atoms with Gasteiger partial charge in [-0.05, 0) is 31.0 Å². The molecule has 1 fully saturated rings. The first-order chi connectivity index (χ1) is 11.2. The van der Waals surface area contributed by atoms with E-state index in [1.807, 2.05) is 10.8 Å². The van der Waals surface area contributed by atoms with Crippen molar-refractivity contribution in [3.05, 3.63) is 48.3 Å². The lowest BCUT2D eigenvalue weighted by Crippen LogP contribution is -2.32. The number of aromatic nitrogens is 2. The number of ether oxygens (including phenoxy) is 1. The van der Waals surface area contributed by atoms with Crippen molar-refractivity contribution in [1.82, 2.24) is 14.9 Å². The van der Waals surface area contributed by atoms with E-state index in [4.69, 9.17) is 4.74 Å². The summed E-state index contributed by atoms with van der Waals surface area (Å²) in [5.41, 5.74) is 0.605. The van der Waals surface area contributed by atoms with Crippen molar-refractivity contribution in [1.29, 1.82) is 0 Å². The van der Waals surface area contributed by atoms with E-state index in [1.54, 1.807) is 18.6 Å². The number of rotatable bonds is 4. The molecular formula is C17H18FN3O2. The third-order valence-corrected chi connectivity index (χ3v) is 4.90. The van der Waals surface area contributed by atoms with Gasteiger partial charge in [-0.3, -0.25) is 4.79 Å². The number of imidazole rings is 1. The molecule has 0 saturated heterocycles. The molecule has 6 heteroatoms. The van der Waals surface area contributed by atoms with Crippen LogP contribution in [0, 0.1) is 11.7 Å². The molecule has 2 atom stereocenters. The molecule has 5 nitrogen and oxygen atoms in total. The van der Waals surface area contributed by atoms with E-state index >= 15 is 0 Å². The summed E-state index contributed by atoms with van der Waals surface area (Å²) in [5.74, 6) is 0.392. The Labute approximate surface area is 133 Å². The van der Waals surface area contributed by atoms with Crippen LogP contribution in [0.5, 0.6) is 5.75 Å². The molecule has 2 aliphatic rings. The summed E-state index contributed by atoms with van der Waals surface area (Å²) in [6.45, 7) is 1.84. The normalized spacial score (nSPS) is 24.8. The minimum atomic E-state index is -0.278. The summed E-state index contributed by atoms with van der Waals surface area (Å²) in [7, 11) is 0. The molecule has 0 unspecified atom stereocenters. The fourth-order valence-electron chi connectivity index (χ4n) is 3.57. The number of benzene rings is 1. The summed E-state index contributed by atoms with van der Waals surface area (Å²) in [5, 5.41) is 2.98. The van der Waals surface area contributed by atoms with Gasteiger partial charge in [0.25, 0.3) is 0 Å². The number of amides is 1. The van der Waals surface area contributed by atoms with Crippen LogP contribution in [-0.4, -0.2) is 28.6 Å². The Balaban J connectivity index is 1.43. The number of carbonyl (C=O) groups excluding carboxylic acids is 1. The molecule has 0 bridgehead atoms. The van der Waals surface area contributed by atoms with Crippen LogP contribution in [0.3, 0.4) is 0 Å². The Kier molecular flexibility index (Phi) is 3.32. The van der Waals surface area contributed by atoms with Crippen LogP contribution >= 0.6 is 0 Å². The van der Waals surface area contributed by atoms with Crippen molar-refractivity contribution >= 4 is 5.91 Å². The van der Waals surface area contributed by atoms with Crippen LogP contribution in [-0.2, 0) is 16.8 Å². The molecule has 0 radical (unpaired) electrons. The highest BCUT2D eigenvalue weighted by Gasteiger charge is 2.61. The first kappa shape index (κ1) is 14.2. The molecule has 120 valence electrons. The number of carbonyl (C=O) groups is 1. The van der Waals surface area contributed by atoms with E-state index < -0.39 is 0 Å². The molecule has 1 aliphatic carbocycles. The van der Waals surface area contributed by atoms with E-state index in [0.717, 1.165) is 18.4 Å². The molecule has 2 aromatic rings. The molecule has 1 N–H and O–H groups in total. The molecule has 1 aromatic heterocycles. The first-order valence-corrected chi connectivity index (χ1v) is 7.85. The lowest BCUT2D eigenvalue weighted by molar-refractivity contribution is -0.122. The lowest BCUT2D eigenvalue weighted by Gasteiger charge is -2.26. The predicted octanol–water partition coefficient (Wildman–Crippen LogP) is 1.88. The van der Waals surface area contributed by atoms with Gasteiger partial charge in [0, 0.05) is 42.4 Å². The van der Waals surface area contributed by atoms with Gasteiger partial charge in [-0.15, -0.1) is 0 Å². The Morgan fingerprint density at radius 3 is 3.26 bits per heavy atom. The molecule has 1 aromatic carbocycles. The second-order valence-electron chi connectivity index (χ2n) is 6.24. The third kappa shape index (κ3) is 2.48. The van der Waals surface area contributed by atoms with Crippen molar-refractivity contribution in [3.8, 4) is 5.75 Å². The largest absolute Gasteiger partial charge is 0.493 e. The number of halogens is 1. The van der Waals surface area contributed by atoms with Crippen molar-refractivity contribution in [3.63, 3.8) is 0 Å². The average Bonchev–Trinajstić information content (AvgIpc) is 3.02. The van der Waals surface area contributed by atoms with Gasteiger partial charge in [0.1, 0.15) is 11.6 Å². The maximum absolute atomic E-state index is 13.6. The van der Waals surface area contributed by atoms with Crippen LogP contribution in [0.1, 0.15) is 18.4 Å². The monoisotopic (exact) mass is 315 g/mol. The molecule has 1 amide bonds. The zero-order valence-corrected chi connectivity index (χ0v) is 12.7. The topological polar surface area (TPSA) is 56.2 Å². The van der Waals surface area contributed by atoms with E-state index in [-0.39, 0.29) is 23.1 Å². The van der Waals surface area contributed by atoms with Gasteiger partial charge in [0.15, 0.2) is 0 Å². The van der Waals surface area contributed by atoms with E-state index in [1.165, 1.54) is 12.1 Å². The van der Waals surface area contributed by atoms with Crippen molar-refractivity contribution in [2.45, 2.75) is 24.8 Å². The number of nitrogens with one attached hydrogen (secondary N) is 1. The Bertz CT molecular complexity index is 731. The van der Waals surface area contributed by atoms with Gasteiger partial charge in [-0.2, -0.15) is 0 Å². The van der Waals surface area contributed by atoms with E-state index in [9.17, 15) is 9.18 Å².